The summed E-state index contributed by atoms with van der Waals surface area (Å²) in [5.41, 5.74) is -1.28. The highest BCUT2D eigenvalue weighted by molar-refractivity contribution is 5.74. The average molecular weight is 334 g/mol. The van der Waals surface area contributed by atoms with Crippen molar-refractivity contribution in [2.24, 2.45) is 11.3 Å². The van der Waals surface area contributed by atoms with Crippen molar-refractivity contribution < 1.29 is 29.6 Å². The highest BCUT2D eigenvalue weighted by Gasteiger charge is 2.33. The van der Waals surface area contributed by atoms with Crippen molar-refractivity contribution in [1.29, 1.82) is 0 Å². The van der Waals surface area contributed by atoms with E-state index in [-0.39, 0.29) is 23.5 Å². The van der Waals surface area contributed by atoms with Crippen LogP contribution in [-0.2, 0) is 19.4 Å². The van der Waals surface area contributed by atoms with Gasteiger partial charge in [0.05, 0.1) is 16.6 Å². The van der Waals surface area contributed by atoms with E-state index in [1.165, 1.54) is 0 Å². The Morgan fingerprint density at radius 3 is 1.43 bits per heavy atom. The van der Waals surface area contributed by atoms with Crippen molar-refractivity contribution in [3.05, 3.63) is 0 Å². The van der Waals surface area contributed by atoms with Gasteiger partial charge in [0.1, 0.15) is 0 Å². The summed E-state index contributed by atoms with van der Waals surface area (Å²) in [6, 6.07) is 0. The van der Waals surface area contributed by atoms with Crippen LogP contribution in [0.1, 0.15) is 75.2 Å². The normalized spacial score (nSPS) is 13.8. The van der Waals surface area contributed by atoms with Crippen LogP contribution < -0.4 is 0 Å². The van der Waals surface area contributed by atoms with E-state index in [4.69, 9.17) is 20.0 Å². The third-order valence-corrected chi connectivity index (χ3v) is 3.12. The van der Waals surface area contributed by atoms with Gasteiger partial charge in [-0.1, -0.05) is 6.92 Å². The fourth-order valence-electron chi connectivity index (χ4n) is 1.16. The molecule has 0 aromatic heterocycles. The van der Waals surface area contributed by atoms with Gasteiger partial charge in [-0.05, 0) is 67.7 Å². The summed E-state index contributed by atoms with van der Waals surface area (Å²) in [5, 5.41) is 17.2. The molecule has 0 spiro atoms. The average Bonchev–Trinajstić information content (AvgIpc) is 2.32. The molecule has 0 aliphatic carbocycles. The molecule has 1 atom stereocenters. The van der Waals surface area contributed by atoms with Gasteiger partial charge in [-0.3, -0.25) is 9.59 Å². The van der Waals surface area contributed by atoms with Crippen molar-refractivity contribution in [3.63, 3.8) is 0 Å². The van der Waals surface area contributed by atoms with Crippen LogP contribution in [0.2, 0.25) is 0 Å². The van der Waals surface area contributed by atoms with Gasteiger partial charge in [0.15, 0.2) is 0 Å². The maximum Gasteiger partial charge on any atom is 0.309 e. The number of carbonyl (C=O) groups is 2. The molecule has 0 saturated carbocycles. The first-order chi connectivity index (χ1) is 9.99. The first kappa shape index (κ1) is 24.1. The van der Waals surface area contributed by atoms with Crippen LogP contribution in [0, 0.1) is 11.3 Å². The summed E-state index contributed by atoms with van der Waals surface area (Å²) < 4.78 is 0. The fraction of sp³-hybridized carbons (Fsp3) is 0.882. The molecule has 138 valence electrons. The van der Waals surface area contributed by atoms with Crippen LogP contribution >= 0.6 is 0 Å². The van der Waals surface area contributed by atoms with Gasteiger partial charge < -0.3 is 10.2 Å². The van der Waals surface area contributed by atoms with Crippen molar-refractivity contribution >= 4 is 11.9 Å². The lowest BCUT2D eigenvalue weighted by atomic mass is 9.78. The Morgan fingerprint density at radius 2 is 1.22 bits per heavy atom. The Morgan fingerprint density at radius 1 is 0.870 bits per heavy atom. The molecule has 2 N–H and O–H groups in total. The number of carboxylic acids is 2. The molecule has 0 fully saturated rings. The minimum atomic E-state index is -0.884. The maximum absolute atomic E-state index is 10.8. The summed E-state index contributed by atoms with van der Waals surface area (Å²) >= 11 is 0. The summed E-state index contributed by atoms with van der Waals surface area (Å²) in [4.78, 5) is 31.2. The quantitative estimate of drug-likeness (QED) is 0.560. The first-order valence-corrected chi connectivity index (χ1v) is 7.81. The molecular formula is C17H34O6. The van der Waals surface area contributed by atoms with Gasteiger partial charge in [0.25, 0.3) is 0 Å². The molecule has 0 aliphatic rings. The van der Waals surface area contributed by atoms with Crippen LogP contribution in [0.4, 0.5) is 0 Å². The molecule has 0 heterocycles. The van der Waals surface area contributed by atoms with E-state index in [1.54, 1.807) is 20.8 Å². The first-order valence-electron chi connectivity index (χ1n) is 7.81. The molecule has 0 aromatic rings. The third kappa shape index (κ3) is 14.2. The Bertz CT molecular complexity index is 360. The molecule has 23 heavy (non-hydrogen) atoms. The van der Waals surface area contributed by atoms with Gasteiger partial charge in [-0.15, -0.1) is 0 Å². The van der Waals surface area contributed by atoms with Crippen molar-refractivity contribution in [3.8, 4) is 0 Å². The second-order valence-corrected chi connectivity index (χ2v) is 8.25. The fourth-order valence-corrected chi connectivity index (χ4v) is 1.16. The van der Waals surface area contributed by atoms with E-state index in [0.717, 1.165) is 0 Å². The van der Waals surface area contributed by atoms with Crippen molar-refractivity contribution in [2.75, 3.05) is 0 Å². The predicted octanol–water partition coefficient (Wildman–Crippen LogP) is 4.13. The lowest BCUT2D eigenvalue weighted by molar-refractivity contribution is -0.393. The predicted molar refractivity (Wildman–Crippen MR) is 89.1 cm³/mol. The highest BCUT2D eigenvalue weighted by atomic mass is 17.2. The van der Waals surface area contributed by atoms with Crippen LogP contribution in [0.15, 0.2) is 0 Å². The molecule has 6 heteroatoms. The number of carboxylic acid groups (broad SMARTS) is 2. The van der Waals surface area contributed by atoms with Crippen molar-refractivity contribution in [2.45, 2.75) is 86.4 Å². The zero-order chi connectivity index (χ0) is 19.1. The van der Waals surface area contributed by atoms with Crippen LogP contribution in [0.3, 0.4) is 0 Å². The molecule has 0 amide bonds. The smallest absolute Gasteiger partial charge is 0.309 e. The van der Waals surface area contributed by atoms with Gasteiger partial charge in [0.2, 0.25) is 0 Å². The molecule has 0 saturated heterocycles. The lowest BCUT2D eigenvalue weighted by Gasteiger charge is -2.26. The van der Waals surface area contributed by atoms with Crippen LogP contribution in [0.25, 0.3) is 0 Å². The van der Waals surface area contributed by atoms with E-state index in [0.29, 0.717) is 6.42 Å². The largest absolute Gasteiger partial charge is 0.481 e. The Kier molecular flexibility index (Phi) is 9.68. The van der Waals surface area contributed by atoms with Gasteiger partial charge in [-0.2, -0.15) is 0 Å². The number of rotatable bonds is 6. The minimum Gasteiger partial charge on any atom is -0.481 e. The number of hydrogen-bond donors (Lipinski definition) is 2. The van der Waals surface area contributed by atoms with Crippen LogP contribution in [-0.4, -0.2) is 33.4 Å². The van der Waals surface area contributed by atoms with E-state index in [1.807, 2.05) is 41.5 Å². The number of aliphatic carboxylic acids is 2. The van der Waals surface area contributed by atoms with E-state index >= 15 is 0 Å². The molecular weight excluding hydrogens is 300 g/mol. The summed E-state index contributed by atoms with van der Waals surface area (Å²) in [6.45, 7) is 16.7. The number of hydrogen-bond acceptors (Lipinski definition) is 4. The molecule has 0 rings (SSSR count). The van der Waals surface area contributed by atoms with Gasteiger partial charge in [-0.25, -0.2) is 9.78 Å². The topological polar surface area (TPSA) is 93.1 Å². The third-order valence-electron chi connectivity index (χ3n) is 3.12. The Hall–Kier alpha value is -1.14. The standard InChI is InChI=1S/C9H16O4.C8H18O2/c1-6(4-5-7(10)11)9(2,3)8(12)13;1-7(2,3)9-10-8(4,5)6/h6H,4-5H2,1-3H3,(H,10,11)(H,12,13);1-6H3. The second-order valence-electron chi connectivity index (χ2n) is 8.25. The maximum atomic E-state index is 10.8. The van der Waals surface area contributed by atoms with E-state index < -0.39 is 17.4 Å². The monoisotopic (exact) mass is 334 g/mol. The molecule has 0 radical (unpaired) electrons. The molecule has 1 unspecified atom stereocenters. The highest BCUT2D eigenvalue weighted by Crippen LogP contribution is 2.30. The Balaban J connectivity index is 0. The summed E-state index contributed by atoms with van der Waals surface area (Å²) in [5.74, 6) is -1.90. The SMILES string of the molecule is CC(C)(C)OOC(C)(C)C.CC(CCC(=O)O)C(C)(C)C(=O)O. The Labute approximate surface area is 140 Å². The molecule has 0 aromatic carbocycles. The zero-order valence-corrected chi connectivity index (χ0v) is 16.0. The van der Waals surface area contributed by atoms with Crippen LogP contribution in [0.5, 0.6) is 0 Å². The van der Waals surface area contributed by atoms with Crippen molar-refractivity contribution in [1.82, 2.24) is 0 Å². The minimum absolute atomic E-state index is 0.0257. The molecule has 6 nitrogen and oxygen atoms in total. The molecule has 0 aliphatic heterocycles. The van der Waals surface area contributed by atoms with Gasteiger partial charge in [0, 0.05) is 6.42 Å². The lowest BCUT2D eigenvalue weighted by Crippen LogP contribution is -2.31. The second kappa shape index (κ2) is 9.23. The zero-order valence-electron chi connectivity index (χ0n) is 16.0. The van der Waals surface area contributed by atoms with Gasteiger partial charge >= 0.3 is 11.9 Å². The molecule has 0 bridgehead atoms. The summed E-state index contributed by atoms with van der Waals surface area (Å²) in [7, 11) is 0. The summed E-state index contributed by atoms with van der Waals surface area (Å²) in [6.07, 6.45) is 0.423. The van der Waals surface area contributed by atoms with E-state index in [2.05, 4.69) is 0 Å². The van der Waals surface area contributed by atoms with E-state index in [9.17, 15) is 9.59 Å².